The van der Waals surface area contributed by atoms with Gasteiger partial charge in [0, 0.05) is 18.1 Å². The van der Waals surface area contributed by atoms with E-state index in [9.17, 15) is 16.8 Å². The SMILES string of the molecule is CCS(=O)(=O)NCCCNS(=O)(=O)c1cccc(Cl)c1. The number of sulfonamides is 2. The second-order valence-corrected chi connectivity index (χ2v) is 8.31. The first-order valence-corrected chi connectivity index (χ1v) is 9.51. The number of nitrogens with one attached hydrogen (secondary N) is 2. The third-order valence-corrected chi connectivity index (χ3v) is 5.55. The molecule has 0 fully saturated rings. The van der Waals surface area contributed by atoms with Gasteiger partial charge in [-0.1, -0.05) is 17.7 Å². The van der Waals surface area contributed by atoms with E-state index in [4.69, 9.17) is 11.6 Å². The van der Waals surface area contributed by atoms with Crippen LogP contribution >= 0.6 is 11.6 Å². The van der Waals surface area contributed by atoms with E-state index in [0.717, 1.165) is 0 Å². The molecule has 0 aliphatic carbocycles. The van der Waals surface area contributed by atoms with Gasteiger partial charge in [0.25, 0.3) is 0 Å². The van der Waals surface area contributed by atoms with Crippen molar-refractivity contribution in [1.82, 2.24) is 9.44 Å². The summed E-state index contributed by atoms with van der Waals surface area (Å²) in [6, 6.07) is 5.92. The zero-order chi connectivity index (χ0) is 15.2. The van der Waals surface area contributed by atoms with Crippen LogP contribution in [0.25, 0.3) is 0 Å². The molecule has 0 saturated heterocycles. The molecule has 0 aromatic heterocycles. The van der Waals surface area contributed by atoms with E-state index in [1.165, 1.54) is 19.1 Å². The van der Waals surface area contributed by atoms with Crippen LogP contribution < -0.4 is 9.44 Å². The van der Waals surface area contributed by atoms with E-state index in [0.29, 0.717) is 11.4 Å². The second-order valence-electron chi connectivity index (χ2n) is 4.01. The van der Waals surface area contributed by atoms with Crippen LogP contribution in [0, 0.1) is 0 Å². The summed E-state index contributed by atoms with van der Waals surface area (Å²) in [5.74, 6) is 0.00123. The van der Waals surface area contributed by atoms with Crippen LogP contribution in [-0.2, 0) is 20.0 Å². The molecule has 20 heavy (non-hydrogen) atoms. The highest BCUT2D eigenvalue weighted by Crippen LogP contribution is 2.14. The van der Waals surface area contributed by atoms with Crippen molar-refractivity contribution >= 4 is 31.6 Å². The molecular weight excluding hydrogens is 324 g/mol. The molecular formula is C11H17ClN2O4S2. The molecule has 2 N–H and O–H groups in total. The molecule has 1 aromatic carbocycles. The zero-order valence-electron chi connectivity index (χ0n) is 11.0. The number of halogens is 1. The smallest absolute Gasteiger partial charge is 0.215 e. The van der Waals surface area contributed by atoms with Gasteiger partial charge >= 0.3 is 0 Å². The van der Waals surface area contributed by atoms with Crippen molar-refractivity contribution in [1.29, 1.82) is 0 Å². The predicted octanol–water partition coefficient (Wildman–Crippen LogP) is 0.948. The number of hydrogen-bond acceptors (Lipinski definition) is 4. The lowest BCUT2D eigenvalue weighted by Gasteiger charge is -2.07. The molecule has 0 saturated carbocycles. The lowest BCUT2D eigenvalue weighted by molar-refractivity contribution is 0.573. The van der Waals surface area contributed by atoms with E-state index >= 15 is 0 Å². The van der Waals surface area contributed by atoms with Crippen molar-refractivity contribution in [3.05, 3.63) is 29.3 Å². The summed E-state index contributed by atoms with van der Waals surface area (Å²) in [6.07, 6.45) is 0.360. The Morgan fingerprint density at radius 2 is 1.75 bits per heavy atom. The molecule has 0 spiro atoms. The summed E-state index contributed by atoms with van der Waals surface area (Å²) < 4.78 is 50.8. The quantitative estimate of drug-likeness (QED) is 0.689. The first-order valence-electron chi connectivity index (χ1n) is 5.99. The minimum absolute atomic E-state index is 0.00123. The maximum Gasteiger partial charge on any atom is 0.240 e. The van der Waals surface area contributed by atoms with E-state index < -0.39 is 20.0 Å². The predicted molar refractivity (Wildman–Crippen MR) is 78.7 cm³/mol. The number of rotatable bonds is 8. The van der Waals surface area contributed by atoms with Crippen molar-refractivity contribution in [3.63, 3.8) is 0 Å². The lowest BCUT2D eigenvalue weighted by Crippen LogP contribution is -2.30. The first-order chi connectivity index (χ1) is 9.27. The standard InChI is InChI=1S/C11H17ClN2O4S2/c1-2-19(15,16)13-7-4-8-14-20(17,18)11-6-3-5-10(12)9-11/h3,5-6,9,13-14H,2,4,7-8H2,1H3. The Hall–Kier alpha value is -0.670. The van der Waals surface area contributed by atoms with Crippen molar-refractivity contribution in [2.24, 2.45) is 0 Å². The highest BCUT2D eigenvalue weighted by atomic mass is 35.5. The third kappa shape index (κ3) is 5.76. The van der Waals surface area contributed by atoms with Crippen LogP contribution in [0.5, 0.6) is 0 Å². The molecule has 9 heteroatoms. The van der Waals surface area contributed by atoms with Crippen LogP contribution in [0.3, 0.4) is 0 Å². The molecule has 0 atom stereocenters. The Morgan fingerprint density at radius 1 is 1.10 bits per heavy atom. The fraction of sp³-hybridized carbons (Fsp3) is 0.455. The third-order valence-electron chi connectivity index (χ3n) is 2.45. The van der Waals surface area contributed by atoms with E-state index in [2.05, 4.69) is 9.44 Å². The van der Waals surface area contributed by atoms with Gasteiger partial charge in [0.15, 0.2) is 0 Å². The lowest BCUT2D eigenvalue weighted by atomic mass is 10.4. The van der Waals surface area contributed by atoms with E-state index in [1.54, 1.807) is 12.1 Å². The van der Waals surface area contributed by atoms with Gasteiger partial charge in [-0.2, -0.15) is 0 Å². The second kappa shape index (κ2) is 7.37. The van der Waals surface area contributed by atoms with Crippen molar-refractivity contribution in [2.75, 3.05) is 18.8 Å². The molecule has 0 heterocycles. The summed E-state index contributed by atoms with van der Waals surface area (Å²) >= 11 is 5.73. The number of benzene rings is 1. The monoisotopic (exact) mass is 340 g/mol. The molecule has 0 aliphatic heterocycles. The van der Waals surface area contributed by atoms with E-state index in [-0.39, 0.29) is 23.7 Å². The Morgan fingerprint density at radius 3 is 2.35 bits per heavy atom. The largest absolute Gasteiger partial charge is 0.240 e. The minimum Gasteiger partial charge on any atom is -0.215 e. The topological polar surface area (TPSA) is 92.3 Å². The molecule has 1 rings (SSSR count). The summed E-state index contributed by atoms with van der Waals surface area (Å²) in [7, 11) is -6.85. The Balaban J connectivity index is 2.46. The maximum atomic E-state index is 11.9. The Labute approximate surface area is 124 Å². The van der Waals surface area contributed by atoms with Crippen molar-refractivity contribution in [2.45, 2.75) is 18.2 Å². The summed E-state index contributed by atoms with van der Waals surface area (Å²) in [5, 5.41) is 0.337. The van der Waals surface area contributed by atoms with Crippen LogP contribution in [0.4, 0.5) is 0 Å². The normalized spacial score (nSPS) is 12.5. The van der Waals surface area contributed by atoms with Gasteiger partial charge in [-0.05, 0) is 31.5 Å². The van der Waals surface area contributed by atoms with Gasteiger partial charge in [-0.25, -0.2) is 26.3 Å². The maximum absolute atomic E-state index is 11.9. The Bertz CT molecular complexity index is 644. The molecule has 0 amide bonds. The average molecular weight is 341 g/mol. The highest BCUT2D eigenvalue weighted by molar-refractivity contribution is 7.89. The summed E-state index contributed by atoms with van der Waals surface area (Å²) in [5.41, 5.74) is 0. The van der Waals surface area contributed by atoms with Gasteiger partial charge in [0.05, 0.1) is 10.6 Å². The molecule has 1 aromatic rings. The van der Waals surface area contributed by atoms with Gasteiger partial charge < -0.3 is 0 Å². The fourth-order valence-electron chi connectivity index (χ4n) is 1.34. The molecule has 0 aliphatic rings. The molecule has 0 unspecified atom stereocenters. The van der Waals surface area contributed by atoms with Crippen LogP contribution in [-0.4, -0.2) is 35.7 Å². The van der Waals surface area contributed by atoms with Gasteiger partial charge in [-0.15, -0.1) is 0 Å². The summed E-state index contributed by atoms with van der Waals surface area (Å²) in [6.45, 7) is 1.86. The van der Waals surface area contributed by atoms with Gasteiger partial charge in [-0.3, -0.25) is 0 Å². The van der Waals surface area contributed by atoms with Crippen LogP contribution in [0.2, 0.25) is 5.02 Å². The molecule has 6 nitrogen and oxygen atoms in total. The summed E-state index contributed by atoms with van der Waals surface area (Å²) in [4.78, 5) is 0.0825. The zero-order valence-corrected chi connectivity index (χ0v) is 13.4. The van der Waals surface area contributed by atoms with Crippen molar-refractivity contribution in [3.8, 4) is 0 Å². The van der Waals surface area contributed by atoms with Crippen molar-refractivity contribution < 1.29 is 16.8 Å². The molecule has 0 radical (unpaired) electrons. The first kappa shape index (κ1) is 17.4. The molecule has 114 valence electrons. The number of hydrogen-bond donors (Lipinski definition) is 2. The highest BCUT2D eigenvalue weighted by Gasteiger charge is 2.13. The van der Waals surface area contributed by atoms with Gasteiger partial charge in [0.2, 0.25) is 20.0 Å². The Kier molecular flexibility index (Phi) is 6.41. The van der Waals surface area contributed by atoms with Gasteiger partial charge in [0.1, 0.15) is 0 Å². The molecule has 0 bridgehead atoms. The van der Waals surface area contributed by atoms with E-state index in [1.807, 2.05) is 0 Å². The fourth-order valence-corrected chi connectivity index (χ4v) is 3.38. The minimum atomic E-state index is -3.62. The van der Waals surface area contributed by atoms with Crippen LogP contribution in [0.15, 0.2) is 29.2 Å². The van der Waals surface area contributed by atoms with Crippen LogP contribution in [0.1, 0.15) is 13.3 Å². The average Bonchev–Trinajstić information content (AvgIpc) is 2.38.